The van der Waals surface area contributed by atoms with Crippen molar-refractivity contribution >= 4 is 0 Å². The molecule has 5 rings (SSSR count). The molecule has 104 valence electrons. The first-order valence-electron chi connectivity index (χ1n) is 7.91. The third-order valence-corrected chi connectivity index (χ3v) is 5.93. The van der Waals surface area contributed by atoms with Crippen LogP contribution >= 0.6 is 0 Å². The normalized spacial score (nSPS) is 40.0. The molecule has 4 bridgehead atoms. The number of aryl methyl sites for hydroxylation is 1. The van der Waals surface area contributed by atoms with Crippen molar-refractivity contribution < 1.29 is 0 Å². The minimum atomic E-state index is 0.449. The van der Waals surface area contributed by atoms with E-state index in [9.17, 15) is 0 Å². The van der Waals surface area contributed by atoms with Crippen LogP contribution in [0, 0.1) is 17.8 Å². The smallest absolute Gasteiger partial charge is 0.0949 e. The molecule has 0 saturated heterocycles. The number of hydrogen-bond donors (Lipinski definition) is 1. The molecule has 1 heterocycles. The number of nitrogens with zero attached hydrogens (tertiary/aromatic N) is 2. The fourth-order valence-electron chi connectivity index (χ4n) is 5.88. The van der Waals surface area contributed by atoms with E-state index in [2.05, 4.69) is 16.6 Å². The van der Waals surface area contributed by atoms with E-state index >= 15 is 0 Å². The molecule has 4 fully saturated rings. The van der Waals surface area contributed by atoms with Gasteiger partial charge >= 0.3 is 0 Å². The minimum Gasteiger partial charge on any atom is -0.337 e. The van der Waals surface area contributed by atoms with E-state index in [1.807, 2.05) is 6.33 Å². The Morgan fingerprint density at radius 3 is 2.32 bits per heavy atom. The highest BCUT2D eigenvalue weighted by atomic mass is 15.0. The highest BCUT2D eigenvalue weighted by Crippen LogP contribution is 2.61. The Morgan fingerprint density at radius 1 is 1.21 bits per heavy atom. The molecular formula is C16H25N3. The predicted molar refractivity (Wildman–Crippen MR) is 75.8 cm³/mol. The summed E-state index contributed by atoms with van der Waals surface area (Å²) in [4.78, 5) is 4.65. The van der Waals surface area contributed by atoms with Crippen molar-refractivity contribution in [2.45, 2.75) is 50.4 Å². The van der Waals surface area contributed by atoms with E-state index in [1.54, 1.807) is 0 Å². The number of aromatic nitrogens is 2. The summed E-state index contributed by atoms with van der Waals surface area (Å²) >= 11 is 0. The van der Waals surface area contributed by atoms with Gasteiger partial charge in [-0.25, -0.2) is 4.98 Å². The molecule has 4 saturated carbocycles. The molecule has 3 nitrogen and oxygen atoms in total. The Labute approximate surface area is 115 Å². The molecule has 0 spiro atoms. The largest absolute Gasteiger partial charge is 0.337 e. The van der Waals surface area contributed by atoms with Gasteiger partial charge in [0.05, 0.1) is 12.0 Å². The zero-order valence-electron chi connectivity index (χ0n) is 11.9. The lowest BCUT2D eigenvalue weighted by atomic mass is 9.48. The quantitative estimate of drug-likeness (QED) is 0.906. The van der Waals surface area contributed by atoms with E-state index in [0.717, 1.165) is 30.7 Å². The van der Waals surface area contributed by atoms with Crippen molar-refractivity contribution in [1.29, 1.82) is 0 Å². The van der Waals surface area contributed by atoms with E-state index in [1.165, 1.54) is 49.9 Å². The van der Waals surface area contributed by atoms with Gasteiger partial charge in [-0.2, -0.15) is 0 Å². The molecule has 0 radical (unpaired) electrons. The van der Waals surface area contributed by atoms with Crippen LogP contribution in [0.15, 0.2) is 6.33 Å². The molecule has 19 heavy (non-hydrogen) atoms. The van der Waals surface area contributed by atoms with Crippen molar-refractivity contribution in [1.82, 2.24) is 9.55 Å². The first-order chi connectivity index (χ1) is 9.20. The Kier molecular flexibility index (Phi) is 2.57. The van der Waals surface area contributed by atoms with Gasteiger partial charge in [0.1, 0.15) is 0 Å². The van der Waals surface area contributed by atoms with Crippen LogP contribution in [0.5, 0.6) is 0 Å². The van der Waals surface area contributed by atoms with Crippen molar-refractivity contribution in [3.63, 3.8) is 0 Å². The molecule has 0 amide bonds. The molecular weight excluding hydrogens is 234 g/mol. The second-order valence-electron chi connectivity index (χ2n) is 7.39. The first kappa shape index (κ1) is 12.0. The third-order valence-electron chi connectivity index (χ3n) is 5.93. The van der Waals surface area contributed by atoms with Crippen LogP contribution in [0.4, 0.5) is 0 Å². The van der Waals surface area contributed by atoms with Crippen molar-refractivity contribution in [2.24, 2.45) is 30.5 Å². The van der Waals surface area contributed by atoms with Crippen molar-refractivity contribution in [3.8, 4) is 0 Å². The minimum absolute atomic E-state index is 0.449. The summed E-state index contributed by atoms with van der Waals surface area (Å²) in [6.07, 6.45) is 11.7. The maximum absolute atomic E-state index is 5.78. The lowest BCUT2D eigenvalue weighted by molar-refractivity contribution is -0.00887. The van der Waals surface area contributed by atoms with E-state index in [0.29, 0.717) is 5.41 Å². The summed E-state index contributed by atoms with van der Waals surface area (Å²) in [5.41, 5.74) is 9.05. The fraction of sp³-hybridized carbons (Fsp3) is 0.812. The molecule has 0 atom stereocenters. The molecule has 0 aliphatic heterocycles. The summed E-state index contributed by atoms with van der Waals surface area (Å²) in [5.74, 6) is 2.98. The van der Waals surface area contributed by atoms with Crippen LogP contribution in [0.1, 0.15) is 49.9 Å². The maximum atomic E-state index is 5.78. The average Bonchev–Trinajstić information content (AvgIpc) is 2.70. The Balaban J connectivity index is 1.77. The molecule has 1 aromatic heterocycles. The highest BCUT2D eigenvalue weighted by molar-refractivity contribution is 5.28. The topological polar surface area (TPSA) is 43.8 Å². The van der Waals surface area contributed by atoms with Gasteiger partial charge in [0, 0.05) is 24.6 Å². The van der Waals surface area contributed by atoms with Crippen LogP contribution < -0.4 is 5.73 Å². The van der Waals surface area contributed by atoms with Gasteiger partial charge in [0.15, 0.2) is 0 Å². The van der Waals surface area contributed by atoms with E-state index in [4.69, 9.17) is 5.73 Å². The van der Waals surface area contributed by atoms with Gasteiger partial charge in [0.2, 0.25) is 0 Å². The monoisotopic (exact) mass is 259 g/mol. The molecule has 0 aromatic carbocycles. The average molecular weight is 259 g/mol. The summed E-state index contributed by atoms with van der Waals surface area (Å²) in [5, 5.41) is 0. The van der Waals surface area contributed by atoms with Gasteiger partial charge in [0.25, 0.3) is 0 Å². The summed E-state index contributed by atoms with van der Waals surface area (Å²) < 4.78 is 2.30. The number of imidazole rings is 1. The molecule has 4 aliphatic carbocycles. The second kappa shape index (κ2) is 4.08. The van der Waals surface area contributed by atoms with Crippen LogP contribution in [-0.4, -0.2) is 16.1 Å². The lowest BCUT2D eigenvalue weighted by Gasteiger charge is -2.57. The Hall–Kier alpha value is -0.830. The standard InChI is InChI=1S/C16H25N3/c1-19-10-18-14(2-3-17)15(19)16-7-11-4-12(8-16)6-13(5-11)9-16/h10-13H,2-9,17H2,1H3. The van der Waals surface area contributed by atoms with Crippen LogP contribution in [0.25, 0.3) is 0 Å². The molecule has 1 aromatic rings. The molecule has 3 heteroatoms. The SMILES string of the molecule is Cn1cnc(CCN)c1C12CC3CC(CC(C3)C1)C2. The van der Waals surface area contributed by atoms with Crippen LogP contribution in [-0.2, 0) is 18.9 Å². The Bertz CT molecular complexity index is 453. The molecule has 2 N–H and O–H groups in total. The number of nitrogens with two attached hydrogens (primary N) is 1. The molecule has 0 unspecified atom stereocenters. The molecule has 4 aliphatic rings. The Morgan fingerprint density at radius 2 is 1.79 bits per heavy atom. The van der Waals surface area contributed by atoms with Crippen LogP contribution in [0.2, 0.25) is 0 Å². The number of rotatable bonds is 3. The summed E-state index contributed by atoms with van der Waals surface area (Å²) in [6.45, 7) is 0.719. The maximum Gasteiger partial charge on any atom is 0.0949 e. The second-order valence-corrected chi connectivity index (χ2v) is 7.39. The van der Waals surface area contributed by atoms with Gasteiger partial charge < -0.3 is 10.3 Å². The zero-order valence-corrected chi connectivity index (χ0v) is 11.9. The van der Waals surface area contributed by atoms with Gasteiger partial charge in [-0.15, -0.1) is 0 Å². The lowest BCUT2D eigenvalue weighted by Crippen LogP contribution is -2.49. The highest BCUT2D eigenvalue weighted by Gasteiger charge is 2.53. The van der Waals surface area contributed by atoms with Crippen LogP contribution in [0.3, 0.4) is 0 Å². The van der Waals surface area contributed by atoms with Gasteiger partial charge in [-0.05, 0) is 62.8 Å². The summed E-state index contributed by atoms with van der Waals surface area (Å²) in [7, 11) is 2.18. The summed E-state index contributed by atoms with van der Waals surface area (Å²) in [6, 6.07) is 0. The number of hydrogen-bond acceptors (Lipinski definition) is 2. The van der Waals surface area contributed by atoms with Crippen molar-refractivity contribution in [3.05, 3.63) is 17.7 Å². The third kappa shape index (κ3) is 1.70. The zero-order chi connectivity index (χ0) is 13.0. The van der Waals surface area contributed by atoms with Gasteiger partial charge in [-0.1, -0.05) is 0 Å². The van der Waals surface area contributed by atoms with E-state index < -0.39 is 0 Å². The predicted octanol–water partition coefficient (Wildman–Crippen LogP) is 2.39. The van der Waals surface area contributed by atoms with Crippen molar-refractivity contribution in [2.75, 3.05) is 6.54 Å². The van der Waals surface area contributed by atoms with E-state index in [-0.39, 0.29) is 0 Å². The fourth-order valence-corrected chi connectivity index (χ4v) is 5.88. The van der Waals surface area contributed by atoms with Gasteiger partial charge in [-0.3, -0.25) is 0 Å². The first-order valence-corrected chi connectivity index (χ1v) is 7.91.